The summed E-state index contributed by atoms with van der Waals surface area (Å²) in [6.07, 6.45) is -1.35. The normalized spacial score (nSPS) is 22.0. The zero-order chi connectivity index (χ0) is 20.3. The maximum Gasteiger partial charge on any atom is 0.413 e. The second kappa shape index (κ2) is 8.02. The summed E-state index contributed by atoms with van der Waals surface area (Å²) in [5.41, 5.74) is 0.862. The van der Waals surface area contributed by atoms with Crippen LogP contribution >= 0.6 is 0 Å². The Bertz CT molecular complexity index is 813. The molecule has 28 heavy (non-hydrogen) atoms. The van der Waals surface area contributed by atoms with E-state index in [0.29, 0.717) is 5.75 Å². The second-order valence-corrected chi connectivity index (χ2v) is 7.61. The molecule has 1 saturated heterocycles. The van der Waals surface area contributed by atoms with Crippen LogP contribution in [0.5, 0.6) is 5.75 Å². The molecule has 1 aliphatic heterocycles. The first-order chi connectivity index (χ1) is 13.3. The molecule has 3 atom stereocenters. The first kappa shape index (κ1) is 19.9. The standard InChI is InChI=1S/C22H25NO5/c1-22(2,3)28-21(25)23-19(15-8-6-5-7-9-15)18(14-24)27-20(23)16-10-12-17(26-4)13-11-16/h5-14,18-20H,1-4H3/t18-,19-,20+/m0/s1. The van der Waals surface area contributed by atoms with E-state index in [2.05, 4.69) is 0 Å². The van der Waals surface area contributed by atoms with Crippen LogP contribution in [-0.4, -0.2) is 36.1 Å². The van der Waals surface area contributed by atoms with E-state index in [9.17, 15) is 9.59 Å². The molecular formula is C22H25NO5. The molecule has 2 aromatic carbocycles. The lowest BCUT2D eigenvalue weighted by Crippen LogP contribution is -2.39. The van der Waals surface area contributed by atoms with Crippen molar-refractivity contribution in [3.63, 3.8) is 0 Å². The second-order valence-electron chi connectivity index (χ2n) is 7.61. The third-order valence-corrected chi connectivity index (χ3v) is 4.43. The van der Waals surface area contributed by atoms with Crippen molar-refractivity contribution in [3.8, 4) is 5.75 Å². The smallest absolute Gasteiger partial charge is 0.413 e. The van der Waals surface area contributed by atoms with Crippen molar-refractivity contribution in [2.24, 2.45) is 0 Å². The minimum absolute atomic E-state index is 0.536. The zero-order valence-electron chi connectivity index (χ0n) is 16.5. The Labute approximate surface area is 165 Å². The molecule has 2 aromatic rings. The summed E-state index contributed by atoms with van der Waals surface area (Å²) >= 11 is 0. The number of aldehydes is 1. The van der Waals surface area contributed by atoms with Gasteiger partial charge in [0, 0.05) is 5.56 Å². The summed E-state index contributed by atoms with van der Waals surface area (Å²) in [7, 11) is 1.59. The van der Waals surface area contributed by atoms with Gasteiger partial charge in [0.15, 0.2) is 12.5 Å². The van der Waals surface area contributed by atoms with Gasteiger partial charge >= 0.3 is 6.09 Å². The molecule has 0 radical (unpaired) electrons. The van der Waals surface area contributed by atoms with E-state index in [1.165, 1.54) is 4.90 Å². The van der Waals surface area contributed by atoms with Crippen LogP contribution in [0, 0.1) is 0 Å². The van der Waals surface area contributed by atoms with Crippen LogP contribution in [0.25, 0.3) is 0 Å². The van der Waals surface area contributed by atoms with Crippen molar-refractivity contribution in [1.29, 1.82) is 0 Å². The summed E-state index contributed by atoms with van der Waals surface area (Å²) < 4.78 is 16.8. The van der Waals surface area contributed by atoms with Crippen LogP contribution < -0.4 is 4.74 Å². The van der Waals surface area contributed by atoms with E-state index in [0.717, 1.165) is 17.4 Å². The minimum atomic E-state index is -0.804. The van der Waals surface area contributed by atoms with Crippen LogP contribution in [0.1, 0.15) is 44.2 Å². The predicted octanol–water partition coefficient (Wildman–Crippen LogP) is 4.27. The van der Waals surface area contributed by atoms with Gasteiger partial charge in [-0.25, -0.2) is 4.79 Å². The van der Waals surface area contributed by atoms with Crippen LogP contribution in [0.15, 0.2) is 54.6 Å². The third-order valence-electron chi connectivity index (χ3n) is 4.43. The number of hydrogen-bond donors (Lipinski definition) is 0. The van der Waals surface area contributed by atoms with E-state index < -0.39 is 30.1 Å². The molecule has 0 spiro atoms. The maximum atomic E-state index is 13.1. The molecule has 0 N–H and O–H groups in total. The molecule has 1 heterocycles. The number of hydrogen-bond acceptors (Lipinski definition) is 5. The van der Waals surface area contributed by atoms with Crippen LogP contribution in [-0.2, 0) is 14.3 Å². The average Bonchev–Trinajstić information content (AvgIpc) is 3.07. The molecule has 1 aliphatic rings. The molecule has 1 amide bonds. The number of nitrogens with zero attached hydrogens (tertiary/aromatic N) is 1. The number of methoxy groups -OCH3 is 1. The summed E-state index contributed by atoms with van der Waals surface area (Å²) in [5.74, 6) is 0.692. The summed E-state index contributed by atoms with van der Waals surface area (Å²) in [6.45, 7) is 5.41. The highest BCUT2D eigenvalue weighted by molar-refractivity contribution is 5.72. The Kier molecular flexibility index (Phi) is 5.70. The van der Waals surface area contributed by atoms with Gasteiger partial charge in [-0.3, -0.25) is 4.90 Å². The molecule has 0 saturated carbocycles. The highest BCUT2D eigenvalue weighted by Gasteiger charge is 2.47. The topological polar surface area (TPSA) is 65.1 Å². The Morgan fingerprint density at radius 2 is 1.68 bits per heavy atom. The van der Waals surface area contributed by atoms with E-state index in [1.807, 2.05) is 42.5 Å². The van der Waals surface area contributed by atoms with Crippen molar-refractivity contribution in [2.75, 3.05) is 7.11 Å². The van der Waals surface area contributed by atoms with E-state index >= 15 is 0 Å². The Balaban J connectivity index is 2.04. The van der Waals surface area contributed by atoms with Gasteiger partial charge in [0.1, 0.15) is 17.5 Å². The lowest BCUT2D eigenvalue weighted by atomic mass is 10.0. The SMILES string of the molecule is COc1ccc([C@H]2O[C@@H](C=O)[C@H](c3ccccc3)N2C(=O)OC(C)(C)C)cc1. The minimum Gasteiger partial charge on any atom is -0.497 e. The number of carbonyl (C=O) groups is 2. The molecule has 3 rings (SSSR count). The predicted molar refractivity (Wildman–Crippen MR) is 104 cm³/mol. The maximum absolute atomic E-state index is 13.1. The molecule has 0 unspecified atom stereocenters. The van der Waals surface area contributed by atoms with Gasteiger partial charge in [-0.05, 0) is 38.5 Å². The van der Waals surface area contributed by atoms with Crippen LogP contribution in [0.3, 0.4) is 0 Å². The first-order valence-electron chi connectivity index (χ1n) is 9.15. The van der Waals surface area contributed by atoms with Crippen LogP contribution in [0.2, 0.25) is 0 Å². The number of amides is 1. The molecule has 6 nitrogen and oxygen atoms in total. The van der Waals surface area contributed by atoms with Gasteiger partial charge in [-0.15, -0.1) is 0 Å². The highest BCUT2D eigenvalue weighted by Crippen LogP contribution is 2.43. The lowest BCUT2D eigenvalue weighted by molar-refractivity contribution is -0.118. The quantitative estimate of drug-likeness (QED) is 0.738. The number of benzene rings is 2. The number of rotatable bonds is 4. The van der Waals surface area contributed by atoms with Crippen molar-refractivity contribution in [2.45, 2.75) is 44.7 Å². The van der Waals surface area contributed by atoms with Crippen molar-refractivity contribution in [3.05, 3.63) is 65.7 Å². The molecule has 148 valence electrons. The Morgan fingerprint density at radius 1 is 1.04 bits per heavy atom. The van der Waals surface area contributed by atoms with Crippen molar-refractivity contribution >= 4 is 12.4 Å². The number of ether oxygens (including phenoxy) is 3. The van der Waals surface area contributed by atoms with Crippen molar-refractivity contribution < 1.29 is 23.8 Å². The monoisotopic (exact) mass is 383 g/mol. The zero-order valence-corrected chi connectivity index (χ0v) is 16.5. The largest absolute Gasteiger partial charge is 0.497 e. The molecular weight excluding hydrogens is 358 g/mol. The van der Waals surface area contributed by atoms with Gasteiger partial charge in [0.2, 0.25) is 0 Å². The van der Waals surface area contributed by atoms with Gasteiger partial charge < -0.3 is 19.0 Å². The molecule has 0 aromatic heterocycles. The Morgan fingerprint density at radius 3 is 2.21 bits per heavy atom. The van der Waals surface area contributed by atoms with Crippen LogP contribution in [0.4, 0.5) is 4.79 Å². The van der Waals surface area contributed by atoms with Gasteiger partial charge in [-0.2, -0.15) is 0 Å². The van der Waals surface area contributed by atoms with Gasteiger partial charge in [0.05, 0.1) is 13.2 Å². The van der Waals surface area contributed by atoms with Gasteiger partial charge in [-0.1, -0.05) is 42.5 Å². The van der Waals surface area contributed by atoms with Gasteiger partial charge in [0.25, 0.3) is 0 Å². The Hall–Kier alpha value is -2.86. The van der Waals surface area contributed by atoms with E-state index in [1.54, 1.807) is 40.0 Å². The summed E-state index contributed by atoms with van der Waals surface area (Å²) in [4.78, 5) is 26.4. The summed E-state index contributed by atoms with van der Waals surface area (Å²) in [6, 6.07) is 16.0. The first-order valence-corrected chi connectivity index (χ1v) is 9.15. The summed E-state index contributed by atoms with van der Waals surface area (Å²) in [5, 5.41) is 0. The molecule has 6 heteroatoms. The van der Waals surface area contributed by atoms with Crippen molar-refractivity contribution in [1.82, 2.24) is 4.90 Å². The molecule has 1 fully saturated rings. The van der Waals surface area contributed by atoms with E-state index in [4.69, 9.17) is 14.2 Å². The highest BCUT2D eigenvalue weighted by atomic mass is 16.6. The average molecular weight is 383 g/mol. The third kappa shape index (κ3) is 4.17. The molecule has 0 bridgehead atoms. The fourth-order valence-electron chi connectivity index (χ4n) is 3.23. The lowest BCUT2D eigenvalue weighted by Gasteiger charge is -2.31. The van der Waals surface area contributed by atoms with E-state index in [-0.39, 0.29) is 0 Å². The number of carbonyl (C=O) groups excluding carboxylic acids is 2. The molecule has 0 aliphatic carbocycles. The fourth-order valence-corrected chi connectivity index (χ4v) is 3.23. The fraction of sp³-hybridized carbons (Fsp3) is 0.364.